The molecule has 1 atom stereocenters. The number of rotatable bonds is 7. The molecule has 172 valence electrons. The zero-order valence-corrected chi connectivity index (χ0v) is 18.7. The summed E-state index contributed by atoms with van der Waals surface area (Å²) in [6.45, 7) is 3.38. The minimum atomic E-state index is -0.833. The second kappa shape index (κ2) is 9.89. The Morgan fingerprint density at radius 3 is 2.61 bits per heavy atom. The fourth-order valence-electron chi connectivity index (χ4n) is 4.04. The van der Waals surface area contributed by atoms with Crippen LogP contribution in [0.25, 0.3) is 11.4 Å². The van der Waals surface area contributed by atoms with Gasteiger partial charge in [0.05, 0.1) is 0 Å². The fourth-order valence-corrected chi connectivity index (χ4v) is 4.04. The molecular weight excluding hydrogens is 423 g/mol. The third-order valence-electron chi connectivity index (χ3n) is 5.86. The molecule has 1 aromatic heterocycles. The van der Waals surface area contributed by atoms with Crippen molar-refractivity contribution in [2.45, 2.75) is 58.2 Å². The van der Waals surface area contributed by atoms with Crippen LogP contribution in [-0.2, 0) is 16.1 Å². The Morgan fingerprint density at radius 1 is 1.18 bits per heavy atom. The molecule has 2 amide bonds. The van der Waals surface area contributed by atoms with Crippen LogP contribution in [0, 0.1) is 12.7 Å². The molecule has 1 heterocycles. The van der Waals surface area contributed by atoms with E-state index in [0.29, 0.717) is 11.5 Å². The van der Waals surface area contributed by atoms with Crippen molar-refractivity contribution in [1.29, 1.82) is 0 Å². The zero-order chi connectivity index (χ0) is 23.4. The van der Waals surface area contributed by atoms with Crippen molar-refractivity contribution < 1.29 is 14.0 Å². The largest absolute Gasteiger partial charge is 0.352 e. The Labute approximate surface area is 191 Å². The molecule has 4 rings (SSSR count). The van der Waals surface area contributed by atoms with Crippen molar-refractivity contribution in [1.82, 2.24) is 25.5 Å². The first-order valence-electron chi connectivity index (χ1n) is 11.1. The number of tetrazole rings is 1. The molecule has 1 aliphatic carbocycles. The van der Waals surface area contributed by atoms with Crippen LogP contribution in [0.4, 0.5) is 10.1 Å². The highest BCUT2D eigenvalue weighted by molar-refractivity contribution is 6.00. The number of aromatic nitrogens is 4. The predicted octanol–water partition coefficient (Wildman–Crippen LogP) is 3.27. The lowest BCUT2D eigenvalue weighted by molar-refractivity contribution is -0.127. The minimum absolute atomic E-state index is 0.110. The molecule has 0 unspecified atom stereocenters. The van der Waals surface area contributed by atoms with Crippen molar-refractivity contribution in [2.24, 2.45) is 0 Å². The SMILES string of the molecule is Cc1ccc(-c2nnn(CC(=O)N(c3cccc(F)c3)[C@H](C)C(=O)NC3CCCC3)n2)cc1. The Kier molecular flexibility index (Phi) is 6.76. The van der Waals surface area contributed by atoms with Crippen molar-refractivity contribution in [3.05, 3.63) is 59.9 Å². The van der Waals surface area contributed by atoms with E-state index in [1.807, 2.05) is 31.2 Å². The van der Waals surface area contributed by atoms with Crippen LogP contribution in [0.15, 0.2) is 48.5 Å². The van der Waals surface area contributed by atoms with Gasteiger partial charge in [-0.1, -0.05) is 48.7 Å². The van der Waals surface area contributed by atoms with Crippen molar-refractivity contribution in [2.75, 3.05) is 4.90 Å². The van der Waals surface area contributed by atoms with Gasteiger partial charge in [0.1, 0.15) is 18.4 Å². The maximum absolute atomic E-state index is 14.0. The molecular formula is C24H27FN6O2. The molecule has 33 heavy (non-hydrogen) atoms. The van der Waals surface area contributed by atoms with Gasteiger partial charge in [0, 0.05) is 17.3 Å². The van der Waals surface area contributed by atoms with Gasteiger partial charge in [0.25, 0.3) is 5.91 Å². The van der Waals surface area contributed by atoms with E-state index in [4.69, 9.17) is 0 Å². The lowest BCUT2D eigenvalue weighted by Crippen LogP contribution is -2.51. The second-order valence-electron chi connectivity index (χ2n) is 8.42. The van der Waals surface area contributed by atoms with E-state index >= 15 is 0 Å². The van der Waals surface area contributed by atoms with Crippen molar-refractivity contribution >= 4 is 17.5 Å². The molecule has 8 nitrogen and oxygen atoms in total. The monoisotopic (exact) mass is 450 g/mol. The molecule has 0 radical (unpaired) electrons. The van der Waals surface area contributed by atoms with Gasteiger partial charge in [-0.05, 0) is 50.1 Å². The van der Waals surface area contributed by atoms with Crippen LogP contribution in [0.1, 0.15) is 38.2 Å². The number of hydrogen-bond acceptors (Lipinski definition) is 5. The molecule has 0 saturated heterocycles. The Hall–Kier alpha value is -3.62. The first-order valence-corrected chi connectivity index (χ1v) is 11.1. The van der Waals surface area contributed by atoms with E-state index in [9.17, 15) is 14.0 Å². The maximum Gasteiger partial charge on any atom is 0.251 e. The number of carbonyl (C=O) groups is 2. The summed E-state index contributed by atoms with van der Waals surface area (Å²) >= 11 is 0. The highest BCUT2D eigenvalue weighted by Crippen LogP contribution is 2.22. The summed E-state index contributed by atoms with van der Waals surface area (Å²) in [6.07, 6.45) is 4.01. The first kappa shape index (κ1) is 22.6. The van der Waals surface area contributed by atoms with Gasteiger partial charge in [-0.15, -0.1) is 10.2 Å². The molecule has 2 aromatic carbocycles. The lowest BCUT2D eigenvalue weighted by atomic mass is 10.1. The number of halogens is 1. The number of anilines is 1. The number of aryl methyl sites for hydroxylation is 1. The van der Waals surface area contributed by atoms with Gasteiger partial charge in [0.2, 0.25) is 11.7 Å². The van der Waals surface area contributed by atoms with Gasteiger partial charge in [-0.3, -0.25) is 14.5 Å². The van der Waals surface area contributed by atoms with E-state index in [1.165, 1.54) is 27.9 Å². The van der Waals surface area contributed by atoms with Crippen LogP contribution in [0.2, 0.25) is 0 Å². The van der Waals surface area contributed by atoms with Crippen molar-refractivity contribution in [3.8, 4) is 11.4 Å². The third kappa shape index (κ3) is 5.42. The van der Waals surface area contributed by atoms with E-state index < -0.39 is 17.8 Å². The normalized spacial score (nSPS) is 14.8. The van der Waals surface area contributed by atoms with Crippen molar-refractivity contribution in [3.63, 3.8) is 0 Å². The highest BCUT2D eigenvalue weighted by Gasteiger charge is 2.30. The zero-order valence-electron chi connectivity index (χ0n) is 18.7. The van der Waals surface area contributed by atoms with E-state index in [0.717, 1.165) is 36.8 Å². The second-order valence-corrected chi connectivity index (χ2v) is 8.42. The predicted molar refractivity (Wildman–Crippen MR) is 122 cm³/mol. The van der Waals surface area contributed by atoms with E-state index in [-0.39, 0.29) is 18.5 Å². The average Bonchev–Trinajstić information content (AvgIpc) is 3.47. The Morgan fingerprint density at radius 2 is 1.91 bits per heavy atom. The molecule has 1 N–H and O–H groups in total. The van der Waals surface area contributed by atoms with E-state index in [2.05, 4.69) is 20.7 Å². The molecule has 0 spiro atoms. The van der Waals surface area contributed by atoms with Crippen LogP contribution in [-0.4, -0.2) is 44.1 Å². The van der Waals surface area contributed by atoms with Gasteiger partial charge in [-0.25, -0.2) is 4.39 Å². The minimum Gasteiger partial charge on any atom is -0.352 e. The highest BCUT2D eigenvalue weighted by atomic mass is 19.1. The molecule has 0 bridgehead atoms. The smallest absolute Gasteiger partial charge is 0.251 e. The summed E-state index contributed by atoms with van der Waals surface area (Å²) in [5.74, 6) is -0.810. The summed E-state index contributed by atoms with van der Waals surface area (Å²) in [5, 5.41) is 15.3. The number of nitrogens with zero attached hydrogens (tertiary/aromatic N) is 5. The average molecular weight is 451 g/mol. The van der Waals surface area contributed by atoms with Gasteiger partial charge in [0.15, 0.2) is 0 Å². The van der Waals surface area contributed by atoms with Crippen LogP contribution < -0.4 is 10.2 Å². The van der Waals surface area contributed by atoms with Gasteiger partial charge >= 0.3 is 0 Å². The van der Waals surface area contributed by atoms with E-state index in [1.54, 1.807) is 13.0 Å². The van der Waals surface area contributed by atoms with Crippen LogP contribution >= 0.6 is 0 Å². The molecule has 1 saturated carbocycles. The van der Waals surface area contributed by atoms with Gasteiger partial charge < -0.3 is 5.32 Å². The molecule has 0 aliphatic heterocycles. The Bertz CT molecular complexity index is 1120. The third-order valence-corrected chi connectivity index (χ3v) is 5.86. The fraction of sp³-hybridized carbons (Fsp3) is 0.375. The number of carbonyl (C=O) groups excluding carboxylic acids is 2. The molecule has 3 aromatic rings. The topological polar surface area (TPSA) is 93.0 Å². The number of nitrogens with one attached hydrogen (secondary N) is 1. The summed E-state index contributed by atoms with van der Waals surface area (Å²) in [4.78, 5) is 28.7. The molecule has 9 heteroatoms. The molecule has 1 aliphatic rings. The number of hydrogen-bond donors (Lipinski definition) is 1. The van der Waals surface area contributed by atoms with Crippen LogP contribution in [0.5, 0.6) is 0 Å². The summed E-state index contributed by atoms with van der Waals surface area (Å²) in [6, 6.07) is 12.6. The number of benzene rings is 2. The van der Waals surface area contributed by atoms with Crippen LogP contribution in [0.3, 0.4) is 0 Å². The summed E-state index contributed by atoms with van der Waals surface area (Å²) in [7, 11) is 0. The van der Waals surface area contributed by atoms with Gasteiger partial charge in [-0.2, -0.15) is 4.80 Å². The summed E-state index contributed by atoms with van der Waals surface area (Å²) < 4.78 is 14.0. The number of amides is 2. The lowest BCUT2D eigenvalue weighted by Gasteiger charge is -2.29. The summed E-state index contributed by atoms with van der Waals surface area (Å²) in [5.41, 5.74) is 2.19. The molecule has 1 fully saturated rings. The quantitative estimate of drug-likeness (QED) is 0.596. The Balaban J connectivity index is 1.54. The first-order chi connectivity index (χ1) is 15.9. The standard InChI is InChI=1S/C24H27FN6O2/c1-16-10-12-18(13-11-16)23-27-29-30(28-23)15-22(32)31(21-9-5-6-19(25)14-21)17(2)24(33)26-20-7-3-4-8-20/h5-6,9-14,17,20H,3-4,7-8,15H2,1-2H3,(H,26,33)/t17-/m1/s1. The maximum atomic E-state index is 14.0.